The number of sulfone groups is 1. The molecule has 0 aliphatic carbocycles. The Kier molecular flexibility index (Phi) is 5.94. The molecule has 30 heavy (non-hydrogen) atoms. The third-order valence-corrected chi connectivity index (χ3v) is 6.45. The number of carbonyl (C=O) groups is 2. The molecular weight excluding hydrogens is 414 g/mol. The summed E-state index contributed by atoms with van der Waals surface area (Å²) in [6.07, 6.45) is 0.870. The van der Waals surface area contributed by atoms with Gasteiger partial charge in [-0.3, -0.25) is 9.69 Å². The lowest BCUT2D eigenvalue weighted by Gasteiger charge is -2.21. The molecule has 6 nitrogen and oxygen atoms in total. The fraction of sp³-hybridized carbons (Fsp3) is 0.333. The van der Waals surface area contributed by atoms with Gasteiger partial charge in [0.1, 0.15) is 11.6 Å². The number of imide groups is 1. The molecule has 9 heteroatoms. The van der Waals surface area contributed by atoms with Crippen molar-refractivity contribution in [1.82, 2.24) is 9.80 Å². The first-order valence-electron chi connectivity index (χ1n) is 9.30. The zero-order chi connectivity index (χ0) is 22.2. The third kappa shape index (κ3) is 4.51. The van der Waals surface area contributed by atoms with E-state index >= 15 is 0 Å². The molecule has 2 aromatic carbocycles. The number of carbonyl (C=O) groups excluding carboxylic acids is 2. The monoisotopic (exact) mass is 436 g/mol. The van der Waals surface area contributed by atoms with Crippen LogP contribution < -0.4 is 0 Å². The smallest absolute Gasteiger partial charge is 0.323 e. The van der Waals surface area contributed by atoms with Crippen molar-refractivity contribution in [3.63, 3.8) is 0 Å². The average molecular weight is 436 g/mol. The standard InChI is InChI=1S/C21H22F2N2O4S/c1-13-12-25(21(27)24(13)2)20(26)11-19(15-8-16(22)10-17(23)9-15)14-4-6-18(7-5-14)30(3,28)29/h4-10,13,19H,11-12H2,1-3H3/t13?,19-/m1/s1. The maximum atomic E-state index is 13.9. The van der Waals surface area contributed by atoms with Gasteiger partial charge in [0.25, 0.3) is 0 Å². The SMILES string of the molecule is CC1CN(C(=O)C[C@H](c2ccc(S(C)(=O)=O)cc2)c2cc(F)cc(F)c2)C(=O)N1C. The molecule has 1 aliphatic rings. The Labute approximate surface area is 174 Å². The molecule has 1 saturated heterocycles. The van der Waals surface area contributed by atoms with E-state index in [0.29, 0.717) is 5.56 Å². The molecule has 3 rings (SSSR count). The summed E-state index contributed by atoms with van der Waals surface area (Å²) in [4.78, 5) is 27.9. The molecule has 1 unspecified atom stereocenters. The fourth-order valence-electron chi connectivity index (χ4n) is 3.49. The number of urea groups is 1. The average Bonchev–Trinajstić information content (AvgIpc) is 2.92. The minimum absolute atomic E-state index is 0.0897. The molecule has 1 fully saturated rings. The summed E-state index contributed by atoms with van der Waals surface area (Å²) in [6, 6.07) is 8.22. The van der Waals surface area contributed by atoms with Crippen molar-refractivity contribution in [3.8, 4) is 0 Å². The van der Waals surface area contributed by atoms with E-state index in [4.69, 9.17) is 0 Å². The Morgan fingerprint density at radius 3 is 2.13 bits per heavy atom. The van der Waals surface area contributed by atoms with E-state index in [2.05, 4.69) is 0 Å². The molecule has 0 spiro atoms. The molecule has 0 aromatic heterocycles. The first-order valence-corrected chi connectivity index (χ1v) is 11.2. The van der Waals surface area contributed by atoms with Crippen molar-refractivity contribution in [2.75, 3.05) is 19.8 Å². The highest BCUT2D eigenvalue weighted by Gasteiger charge is 2.36. The summed E-state index contributed by atoms with van der Waals surface area (Å²) in [7, 11) is -1.82. The molecule has 3 amide bonds. The molecule has 160 valence electrons. The molecule has 1 heterocycles. The predicted octanol–water partition coefficient (Wildman–Crippen LogP) is 3.17. The Hall–Kier alpha value is -2.81. The van der Waals surface area contributed by atoms with Crippen molar-refractivity contribution in [2.45, 2.75) is 30.2 Å². The van der Waals surface area contributed by atoms with Gasteiger partial charge >= 0.3 is 6.03 Å². The van der Waals surface area contributed by atoms with E-state index in [9.17, 15) is 26.8 Å². The Balaban J connectivity index is 1.98. The van der Waals surface area contributed by atoms with Crippen molar-refractivity contribution in [1.29, 1.82) is 0 Å². The second-order valence-electron chi connectivity index (χ2n) is 7.55. The number of likely N-dealkylation sites (N-methyl/N-ethyl adjacent to an activating group) is 1. The lowest BCUT2D eigenvalue weighted by Crippen LogP contribution is -2.35. The van der Waals surface area contributed by atoms with Crippen LogP contribution in [0, 0.1) is 11.6 Å². The molecule has 0 N–H and O–H groups in total. The lowest BCUT2D eigenvalue weighted by molar-refractivity contribution is -0.127. The van der Waals surface area contributed by atoms with Gasteiger partial charge in [0, 0.05) is 37.8 Å². The third-order valence-electron chi connectivity index (χ3n) is 5.32. The van der Waals surface area contributed by atoms with Gasteiger partial charge in [-0.2, -0.15) is 0 Å². The number of hydrogen-bond acceptors (Lipinski definition) is 4. The van der Waals surface area contributed by atoms with Crippen LogP contribution >= 0.6 is 0 Å². The highest BCUT2D eigenvalue weighted by atomic mass is 32.2. The predicted molar refractivity (Wildman–Crippen MR) is 107 cm³/mol. The maximum absolute atomic E-state index is 13.9. The summed E-state index contributed by atoms with van der Waals surface area (Å²) in [5.74, 6) is -2.81. The van der Waals surface area contributed by atoms with Crippen LogP contribution in [-0.2, 0) is 14.6 Å². The van der Waals surface area contributed by atoms with Gasteiger partial charge in [0.2, 0.25) is 5.91 Å². The molecule has 0 saturated carbocycles. The summed E-state index contributed by atoms with van der Waals surface area (Å²) < 4.78 is 51.1. The molecule has 0 bridgehead atoms. The van der Waals surface area contributed by atoms with Gasteiger partial charge in [-0.05, 0) is 42.3 Å². The van der Waals surface area contributed by atoms with E-state index in [1.165, 1.54) is 29.2 Å². The number of amides is 3. The van der Waals surface area contributed by atoms with Gasteiger partial charge < -0.3 is 4.90 Å². The summed E-state index contributed by atoms with van der Waals surface area (Å²) >= 11 is 0. The zero-order valence-electron chi connectivity index (χ0n) is 16.8. The Morgan fingerprint density at radius 2 is 1.67 bits per heavy atom. The number of halogens is 2. The Morgan fingerprint density at radius 1 is 1.10 bits per heavy atom. The van der Waals surface area contributed by atoms with Gasteiger partial charge in [0.15, 0.2) is 9.84 Å². The highest BCUT2D eigenvalue weighted by Crippen LogP contribution is 2.31. The van der Waals surface area contributed by atoms with Crippen molar-refractivity contribution in [2.24, 2.45) is 0 Å². The van der Waals surface area contributed by atoms with E-state index in [1.807, 2.05) is 6.92 Å². The minimum atomic E-state index is -3.42. The van der Waals surface area contributed by atoms with Crippen LogP contribution in [0.2, 0.25) is 0 Å². The van der Waals surface area contributed by atoms with Crippen molar-refractivity contribution in [3.05, 3.63) is 65.2 Å². The lowest BCUT2D eigenvalue weighted by atomic mass is 9.88. The topological polar surface area (TPSA) is 74.8 Å². The normalized spacial score (nSPS) is 18.0. The van der Waals surface area contributed by atoms with Crippen molar-refractivity contribution >= 4 is 21.8 Å². The summed E-state index contributed by atoms with van der Waals surface area (Å²) in [5.41, 5.74) is 0.731. The zero-order valence-corrected chi connectivity index (χ0v) is 17.6. The van der Waals surface area contributed by atoms with Gasteiger partial charge in [-0.15, -0.1) is 0 Å². The van der Waals surface area contributed by atoms with Crippen molar-refractivity contribution < 1.29 is 26.8 Å². The van der Waals surface area contributed by atoms with Crippen LogP contribution in [0.4, 0.5) is 13.6 Å². The van der Waals surface area contributed by atoms with Crippen LogP contribution in [0.15, 0.2) is 47.4 Å². The molecule has 2 atom stereocenters. The van der Waals surface area contributed by atoms with Crippen LogP contribution in [0.1, 0.15) is 30.4 Å². The largest absolute Gasteiger partial charge is 0.326 e. The molecule has 2 aromatic rings. The van der Waals surface area contributed by atoms with Crippen LogP contribution in [0.3, 0.4) is 0 Å². The molecule has 0 radical (unpaired) electrons. The fourth-order valence-corrected chi connectivity index (χ4v) is 4.12. The molecule has 1 aliphatic heterocycles. The number of benzene rings is 2. The minimum Gasteiger partial charge on any atom is -0.323 e. The summed E-state index contributed by atoms with van der Waals surface area (Å²) in [5, 5.41) is 0. The van der Waals surface area contributed by atoms with Crippen LogP contribution in [-0.4, -0.2) is 56.0 Å². The van der Waals surface area contributed by atoms with E-state index in [1.54, 1.807) is 7.05 Å². The number of nitrogens with zero attached hydrogens (tertiary/aromatic N) is 2. The first kappa shape index (κ1) is 21.9. The maximum Gasteiger partial charge on any atom is 0.326 e. The first-order chi connectivity index (χ1) is 14.0. The van der Waals surface area contributed by atoms with Crippen LogP contribution in [0.5, 0.6) is 0 Å². The van der Waals surface area contributed by atoms with E-state index < -0.39 is 39.3 Å². The second-order valence-corrected chi connectivity index (χ2v) is 9.56. The number of rotatable bonds is 5. The second kappa shape index (κ2) is 8.14. The van der Waals surface area contributed by atoms with E-state index in [-0.39, 0.29) is 29.5 Å². The highest BCUT2D eigenvalue weighted by molar-refractivity contribution is 7.90. The quantitative estimate of drug-likeness (QED) is 0.722. The summed E-state index contributed by atoms with van der Waals surface area (Å²) in [6.45, 7) is 2.04. The van der Waals surface area contributed by atoms with Gasteiger partial charge in [-0.25, -0.2) is 22.0 Å². The molecular formula is C21H22F2N2O4S. The van der Waals surface area contributed by atoms with Crippen LogP contribution in [0.25, 0.3) is 0 Å². The van der Waals surface area contributed by atoms with E-state index in [0.717, 1.165) is 29.4 Å². The van der Waals surface area contributed by atoms with Gasteiger partial charge in [0.05, 0.1) is 11.4 Å². The number of hydrogen-bond donors (Lipinski definition) is 0. The van der Waals surface area contributed by atoms with Gasteiger partial charge in [-0.1, -0.05) is 12.1 Å². The Bertz CT molecular complexity index is 1070.